The standard InChI is InChI=1S/C14H13FN4O/c15-9-3-1-8(2-4-9)10-7-12(10)17-13-6-5-11(14(16)20)18-19-13/h1-6,10,12H,7H2,(H2,16,20)(H,17,19)/t10-,12+/m0/s1. The number of carbonyl (C=O) groups excluding carboxylic acids is 1. The van der Waals surface area contributed by atoms with Crippen molar-refractivity contribution in [2.45, 2.75) is 18.4 Å². The van der Waals surface area contributed by atoms with E-state index in [2.05, 4.69) is 15.5 Å². The highest BCUT2D eigenvalue weighted by Crippen LogP contribution is 2.42. The number of anilines is 1. The summed E-state index contributed by atoms with van der Waals surface area (Å²) in [7, 11) is 0. The van der Waals surface area contributed by atoms with Crippen LogP contribution >= 0.6 is 0 Å². The molecule has 6 heteroatoms. The van der Waals surface area contributed by atoms with Crippen molar-refractivity contribution in [3.8, 4) is 0 Å². The van der Waals surface area contributed by atoms with Crippen LogP contribution in [0.4, 0.5) is 10.2 Å². The fourth-order valence-electron chi connectivity index (χ4n) is 2.16. The average Bonchev–Trinajstić information content (AvgIpc) is 3.19. The van der Waals surface area contributed by atoms with Gasteiger partial charge in [0.2, 0.25) is 0 Å². The summed E-state index contributed by atoms with van der Waals surface area (Å²) in [5.41, 5.74) is 6.34. The monoisotopic (exact) mass is 272 g/mol. The van der Waals surface area contributed by atoms with Gasteiger partial charge in [-0.3, -0.25) is 4.79 Å². The number of rotatable bonds is 4. The molecule has 0 saturated heterocycles. The quantitative estimate of drug-likeness (QED) is 0.887. The first-order valence-corrected chi connectivity index (χ1v) is 6.29. The van der Waals surface area contributed by atoms with Gasteiger partial charge in [-0.25, -0.2) is 4.39 Å². The van der Waals surface area contributed by atoms with Crippen LogP contribution in [-0.2, 0) is 0 Å². The number of amides is 1. The van der Waals surface area contributed by atoms with E-state index in [0.717, 1.165) is 12.0 Å². The molecule has 3 N–H and O–H groups in total. The molecular formula is C14H13FN4O. The third-order valence-corrected chi connectivity index (χ3v) is 3.34. The second-order valence-electron chi connectivity index (χ2n) is 4.81. The Bertz CT molecular complexity index is 627. The van der Waals surface area contributed by atoms with Crippen LogP contribution in [0.3, 0.4) is 0 Å². The molecule has 1 saturated carbocycles. The van der Waals surface area contributed by atoms with Gasteiger partial charge in [-0.15, -0.1) is 10.2 Å². The molecule has 1 aromatic heterocycles. The molecule has 5 nitrogen and oxygen atoms in total. The lowest BCUT2D eigenvalue weighted by atomic mass is 10.1. The van der Waals surface area contributed by atoms with E-state index in [1.165, 1.54) is 18.2 Å². The van der Waals surface area contributed by atoms with E-state index >= 15 is 0 Å². The minimum Gasteiger partial charge on any atom is -0.365 e. The minimum absolute atomic E-state index is 0.140. The maximum Gasteiger partial charge on any atom is 0.269 e. The molecule has 1 aromatic carbocycles. The van der Waals surface area contributed by atoms with Crippen LogP contribution in [0, 0.1) is 5.82 Å². The Labute approximate surface area is 115 Å². The summed E-state index contributed by atoms with van der Waals surface area (Å²) in [6, 6.07) is 9.99. The maximum atomic E-state index is 12.8. The summed E-state index contributed by atoms with van der Waals surface area (Å²) in [4.78, 5) is 10.9. The van der Waals surface area contributed by atoms with Gasteiger partial charge in [0, 0.05) is 12.0 Å². The molecule has 0 bridgehead atoms. The van der Waals surface area contributed by atoms with E-state index in [-0.39, 0.29) is 17.6 Å². The lowest BCUT2D eigenvalue weighted by molar-refractivity contribution is 0.0994. The highest BCUT2D eigenvalue weighted by molar-refractivity contribution is 5.90. The van der Waals surface area contributed by atoms with Gasteiger partial charge < -0.3 is 11.1 Å². The molecule has 0 spiro atoms. The molecule has 0 unspecified atom stereocenters. The number of nitrogens with zero attached hydrogens (tertiary/aromatic N) is 2. The van der Waals surface area contributed by atoms with E-state index in [1.54, 1.807) is 18.2 Å². The maximum absolute atomic E-state index is 12.8. The van der Waals surface area contributed by atoms with Crippen LogP contribution in [0.1, 0.15) is 28.4 Å². The zero-order valence-electron chi connectivity index (χ0n) is 10.6. The zero-order valence-corrected chi connectivity index (χ0v) is 10.6. The number of benzene rings is 1. The Hall–Kier alpha value is -2.50. The summed E-state index contributed by atoms with van der Waals surface area (Å²) < 4.78 is 12.8. The van der Waals surface area contributed by atoms with Crippen molar-refractivity contribution in [2.24, 2.45) is 5.73 Å². The summed E-state index contributed by atoms with van der Waals surface area (Å²) in [5.74, 6) is 0.129. The molecule has 1 aliphatic rings. The van der Waals surface area contributed by atoms with E-state index in [1.807, 2.05) is 0 Å². The van der Waals surface area contributed by atoms with Crippen LogP contribution in [0.15, 0.2) is 36.4 Å². The molecule has 1 aliphatic carbocycles. The fourth-order valence-corrected chi connectivity index (χ4v) is 2.16. The van der Waals surface area contributed by atoms with Crippen molar-refractivity contribution in [3.63, 3.8) is 0 Å². The van der Waals surface area contributed by atoms with Gasteiger partial charge in [0.25, 0.3) is 5.91 Å². The molecule has 20 heavy (non-hydrogen) atoms. The lowest BCUT2D eigenvalue weighted by Gasteiger charge is -2.04. The van der Waals surface area contributed by atoms with Gasteiger partial charge in [-0.2, -0.15) is 0 Å². The van der Waals surface area contributed by atoms with Crippen molar-refractivity contribution in [3.05, 3.63) is 53.5 Å². The molecule has 102 valence electrons. The minimum atomic E-state index is -0.598. The first-order chi connectivity index (χ1) is 9.63. The number of halogens is 1. The number of nitrogens with one attached hydrogen (secondary N) is 1. The smallest absolute Gasteiger partial charge is 0.269 e. The van der Waals surface area contributed by atoms with E-state index in [0.29, 0.717) is 11.7 Å². The normalized spacial score (nSPS) is 20.4. The van der Waals surface area contributed by atoms with E-state index < -0.39 is 5.91 Å². The summed E-state index contributed by atoms with van der Waals surface area (Å²) in [6.45, 7) is 0. The fraction of sp³-hybridized carbons (Fsp3) is 0.214. The topological polar surface area (TPSA) is 80.9 Å². The molecule has 1 amide bonds. The Balaban J connectivity index is 1.63. The lowest BCUT2D eigenvalue weighted by Crippen LogP contribution is -2.14. The first kappa shape index (κ1) is 12.5. The predicted molar refractivity (Wildman–Crippen MR) is 71.7 cm³/mol. The molecule has 0 aliphatic heterocycles. The molecular weight excluding hydrogens is 259 g/mol. The number of primary amides is 1. The van der Waals surface area contributed by atoms with Crippen molar-refractivity contribution in [1.82, 2.24) is 10.2 Å². The SMILES string of the molecule is NC(=O)c1ccc(N[C@@H]2C[C@H]2c2ccc(F)cc2)nn1. The molecule has 2 aromatic rings. The number of hydrogen-bond donors (Lipinski definition) is 2. The summed E-state index contributed by atoms with van der Waals surface area (Å²) in [5, 5.41) is 10.9. The molecule has 2 atom stereocenters. The van der Waals surface area contributed by atoms with Gasteiger partial charge >= 0.3 is 0 Å². The Kier molecular flexibility index (Phi) is 3.06. The number of carbonyl (C=O) groups is 1. The van der Waals surface area contributed by atoms with Crippen molar-refractivity contribution in [1.29, 1.82) is 0 Å². The Morgan fingerprint density at radius 3 is 2.55 bits per heavy atom. The van der Waals surface area contributed by atoms with Gasteiger partial charge in [0.15, 0.2) is 5.69 Å². The third-order valence-electron chi connectivity index (χ3n) is 3.34. The highest BCUT2D eigenvalue weighted by Gasteiger charge is 2.38. The van der Waals surface area contributed by atoms with E-state index in [4.69, 9.17) is 5.73 Å². The summed E-state index contributed by atoms with van der Waals surface area (Å²) >= 11 is 0. The van der Waals surface area contributed by atoms with Crippen molar-refractivity contribution < 1.29 is 9.18 Å². The number of aromatic nitrogens is 2. The van der Waals surface area contributed by atoms with Crippen LogP contribution < -0.4 is 11.1 Å². The molecule has 1 fully saturated rings. The molecule has 0 radical (unpaired) electrons. The van der Waals surface area contributed by atoms with Gasteiger partial charge in [-0.05, 0) is 36.2 Å². The largest absolute Gasteiger partial charge is 0.365 e. The van der Waals surface area contributed by atoms with E-state index in [9.17, 15) is 9.18 Å². The summed E-state index contributed by atoms with van der Waals surface area (Å²) in [6.07, 6.45) is 0.963. The zero-order chi connectivity index (χ0) is 14.1. The third kappa shape index (κ3) is 2.59. The number of hydrogen-bond acceptors (Lipinski definition) is 4. The van der Waals surface area contributed by atoms with Crippen molar-refractivity contribution >= 4 is 11.7 Å². The average molecular weight is 272 g/mol. The predicted octanol–water partition coefficient (Wildman–Crippen LogP) is 1.68. The first-order valence-electron chi connectivity index (χ1n) is 6.29. The second-order valence-corrected chi connectivity index (χ2v) is 4.81. The van der Waals surface area contributed by atoms with Gasteiger partial charge in [0.05, 0.1) is 0 Å². The molecule has 1 heterocycles. The Morgan fingerprint density at radius 2 is 1.95 bits per heavy atom. The van der Waals surface area contributed by atoms with Gasteiger partial charge in [0.1, 0.15) is 11.6 Å². The second kappa shape index (κ2) is 4.88. The number of nitrogens with two attached hydrogens (primary N) is 1. The van der Waals surface area contributed by atoms with Crippen LogP contribution in [-0.4, -0.2) is 22.1 Å². The molecule has 3 rings (SSSR count). The van der Waals surface area contributed by atoms with Crippen LogP contribution in [0.5, 0.6) is 0 Å². The Morgan fingerprint density at radius 1 is 1.20 bits per heavy atom. The van der Waals surface area contributed by atoms with Gasteiger partial charge in [-0.1, -0.05) is 12.1 Å². The van der Waals surface area contributed by atoms with Crippen molar-refractivity contribution in [2.75, 3.05) is 5.32 Å². The van der Waals surface area contributed by atoms with Crippen LogP contribution in [0.25, 0.3) is 0 Å². The highest BCUT2D eigenvalue weighted by atomic mass is 19.1. The van der Waals surface area contributed by atoms with Crippen LogP contribution in [0.2, 0.25) is 0 Å².